The number of unbranched alkanes of at least 4 members (excludes halogenated alkanes) is 5. The minimum Gasteiger partial charge on any atom is -0.480 e. The minimum atomic E-state index is -1.10. The molecular formula is C16H28N2O4S. The van der Waals surface area contributed by atoms with Gasteiger partial charge in [-0.1, -0.05) is 39.0 Å². The molecule has 2 atom stereocenters. The molecule has 1 saturated heterocycles. The average molecular weight is 344 g/mol. The molecule has 6 nitrogen and oxygen atoms in total. The lowest BCUT2D eigenvalue weighted by atomic mass is 10.1. The normalized spacial score (nSPS) is 22.7. The molecule has 0 spiro atoms. The van der Waals surface area contributed by atoms with E-state index in [1.807, 2.05) is 0 Å². The van der Waals surface area contributed by atoms with Crippen LogP contribution in [0.1, 0.15) is 58.8 Å². The summed E-state index contributed by atoms with van der Waals surface area (Å²) in [5.41, 5.74) is 5.48. The smallest absolute Gasteiger partial charge is 0.321 e. The summed E-state index contributed by atoms with van der Waals surface area (Å²) in [5.74, 6) is -1.35. The van der Waals surface area contributed by atoms with Gasteiger partial charge in [0, 0.05) is 12.3 Å². The molecule has 0 aliphatic carbocycles. The highest BCUT2D eigenvalue weighted by atomic mass is 32.2. The predicted octanol–water partition coefficient (Wildman–Crippen LogP) is 2.01. The number of likely N-dealkylation sites (tertiary alicyclic amines) is 1. The summed E-state index contributed by atoms with van der Waals surface area (Å²) in [4.78, 5) is 36.7. The van der Waals surface area contributed by atoms with Gasteiger partial charge in [-0.3, -0.25) is 19.3 Å². The zero-order valence-corrected chi connectivity index (χ0v) is 14.9. The first-order valence-electron chi connectivity index (χ1n) is 8.29. The maximum atomic E-state index is 12.5. The number of imide groups is 1. The van der Waals surface area contributed by atoms with Crippen LogP contribution in [0.2, 0.25) is 0 Å². The molecule has 3 N–H and O–H groups in total. The molecule has 0 aromatic rings. The van der Waals surface area contributed by atoms with Gasteiger partial charge < -0.3 is 10.8 Å². The molecule has 7 heteroatoms. The highest BCUT2D eigenvalue weighted by Crippen LogP contribution is 2.37. The Bertz CT molecular complexity index is 444. The van der Waals surface area contributed by atoms with Crippen LogP contribution in [0.25, 0.3) is 0 Å². The number of nitrogens with two attached hydrogens (primary N) is 1. The van der Waals surface area contributed by atoms with Crippen LogP contribution >= 0.6 is 11.8 Å². The Kier molecular flexibility index (Phi) is 8.05. The Morgan fingerprint density at radius 2 is 1.91 bits per heavy atom. The van der Waals surface area contributed by atoms with Crippen molar-refractivity contribution in [3.63, 3.8) is 0 Å². The van der Waals surface area contributed by atoms with E-state index in [0.29, 0.717) is 6.54 Å². The lowest BCUT2D eigenvalue weighted by molar-refractivity contribution is -0.139. The number of amides is 2. The molecule has 0 bridgehead atoms. The van der Waals surface area contributed by atoms with Crippen LogP contribution < -0.4 is 5.73 Å². The molecule has 132 valence electrons. The topological polar surface area (TPSA) is 101 Å². The van der Waals surface area contributed by atoms with E-state index in [9.17, 15) is 14.4 Å². The fourth-order valence-electron chi connectivity index (χ4n) is 2.59. The van der Waals surface area contributed by atoms with Gasteiger partial charge in [0.15, 0.2) is 0 Å². The average Bonchev–Trinajstić information content (AvgIpc) is 2.71. The number of hydrogen-bond acceptors (Lipinski definition) is 5. The van der Waals surface area contributed by atoms with Crippen molar-refractivity contribution < 1.29 is 19.5 Å². The standard InChI is InChI=1S/C16H28N2O4S/c1-3-4-5-6-7-8-9-18-13(19)10-16(2,15(18)22)23-11-12(17)14(20)21/h12H,3-11,17H2,1-2H3,(H,20,21). The van der Waals surface area contributed by atoms with Crippen molar-refractivity contribution in [1.82, 2.24) is 4.90 Å². The fraction of sp³-hybridized carbons (Fsp3) is 0.812. The molecule has 1 fully saturated rings. The molecule has 1 heterocycles. The van der Waals surface area contributed by atoms with Crippen molar-refractivity contribution in [1.29, 1.82) is 0 Å². The maximum Gasteiger partial charge on any atom is 0.321 e. The van der Waals surface area contributed by atoms with E-state index in [0.717, 1.165) is 19.3 Å². The monoisotopic (exact) mass is 344 g/mol. The number of carbonyl (C=O) groups excluding carboxylic acids is 2. The van der Waals surface area contributed by atoms with E-state index < -0.39 is 16.8 Å². The van der Waals surface area contributed by atoms with E-state index >= 15 is 0 Å². The van der Waals surface area contributed by atoms with Crippen LogP contribution in [0.5, 0.6) is 0 Å². The first kappa shape index (κ1) is 20.0. The lowest BCUT2D eigenvalue weighted by Gasteiger charge is -2.22. The van der Waals surface area contributed by atoms with Gasteiger partial charge in [0.1, 0.15) is 10.8 Å². The van der Waals surface area contributed by atoms with Gasteiger partial charge >= 0.3 is 5.97 Å². The second kappa shape index (κ2) is 9.27. The number of thioether (sulfide) groups is 1. The molecule has 1 aliphatic heterocycles. The van der Waals surface area contributed by atoms with Crippen molar-refractivity contribution in [2.24, 2.45) is 5.73 Å². The molecule has 1 rings (SSSR count). The molecular weight excluding hydrogens is 316 g/mol. The fourth-order valence-corrected chi connectivity index (χ4v) is 3.74. The van der Waals surface area contributed by atoms with Gasteiger partial charge in [-0.2, -0.15) is 0 Å². The van der Waals surface area contributed by atoms with E-state index in [-0.39, 0.29) is 24.0 Å². The van der Waals surface area contributed by atoms with Crippen molar-refractivity contribution >= 4 is 29.5 Å². The molecule has 2 unspecified atom stereocenters. The second-order valence-electron chi connectivity index (χ2n) is 6.28. The summed E-state index contributed by atoms with van der Waals surface area (Å²) < 4.78 is -0.883. The van der Waals surface area contributed by atoms with Gasteiger partial charge in [0.25, 0.3) is 0 Å². The first-order chi connectivity index (χ1) is 10.8. The number of carboxylic acid groups (broad SMARTS) is 1. The van der Waals surface area contributed by atoms with E-state index in [1.54, 1.807) is 6.92 Å². The molecule has 0 saturated carbocycles. The Morgan fingerprint density at radius 1 is 1.30 bits per heavy atom. The molecule has 0 radical (unpaired) electrons. The summed E-state index contributed by atoms with van der Waals surface area (Å²) in [6, 6.07) is -1.02. The van der Waals surface area contributed by atoms with Crippen molar-refractivity contribution in [2.75, 3.05) is 12.3 Å². The lowest BCUT2D eigenvalue weighted by Crippen LogP contribution is -2.39. The highest BCUT2D eigenvalue weighted by molar-refractivity contribution is 8.01. The highest BCUT2D eigenvalue weighted by Gasteiger charge is 2.48. The van der Waals surface area contributed by atoms with Crippen molar-refractivity contribution in [2.45, 2.75) is 69.6 Å². The third-order valence-corrected chi connectivity index (χ3v) is 5.60. The summed E-state index contributed by atoms with van der Waals surface area (Å²) in [6.45, 7) is 4.33. The van der Waals surface area contributed by atoms with Gasteiger partial charge in [-0.25, -0.2) is 0 Å². The molecule has 1 aliphatic rings. The Labute approximate surface area is 142 Å². The van der Waals surface area contributed by atoms with Crippen LogP contribution in [0, 0.1) is 0 Å². The number of hydrogen-bond donors (Lipinski definition) is 2. The molecule has 0 aromatic heterocycles. The Hall–Kier alpha value is -1.08. The van der Waals surface area contributed by atoms with E-state index in [1.165, 1.54) is 35.9 Å². The maximum absolute atomic E-state index is 12.5. The molecule has 0 aromatic carbocycles. The first-order valence-corrected chi connectivity index (χ1v) is 9.27. The quantitative estimate of drug-likeness (QED) is 0.439. The van der Waals surface area contributed by atoms with Gasteiger partial charge in [0.05, 0.1) is 6.42 Å². The zero-order valence-electron chi connectivity index (χ0n) is 14.0. The number of aliphatic carboxylic acids is 1. The van der Waals surface area contributed by atoms with E-state index in [4.69, 9.17) is 10.8 Å². The predicted molar refractivity (Wildman–Crippen MR) is 91.2 cm³/mol. The van der Waals surface area contributed by atoms with Crippen molar-refractivity contribution in [3.05, 3.63) is 0 Å². The number of nitrogens with zero attached hydrogens (tertiary/aromatic N) is 1. The summed E-state index contributed by atoms with van der Waals surface area (Å²) in [5, 5.41) is 8.81. The van der Waals surface area contributed by atoms with Gasteiger partial charge in [0.2, 0.25) is 11.8 Å². The summed E-state index contributed by atoms with van der Waals surface area (Å²) in [6.07, 6.45) is 6.71. The van der Waals surface area contributed by atoms with Crippen LogP contribution in [-0.4, -0.2) is 50.9 Å². The number of carboxylic acids is 1. The summed E-state index contributed by atoms with van der Waals surface area (Å²) >= 11 is 1.17. The van der Waals surface area contributed by atoms with Gasteiger partial charge in [-0.15, -0.1) is 11.8 Å². The number of carbonyl (C=O) groups is 3. The third kappa shape index (κ3) is 5.80. The van der Waals surface area contributed by atoms with Crippen LogP contribution in [0.15, 0.2) is 0 Å². The van der Waals surface area contributed by atoms with E-state index in [2.05, 4.69) is 6.92 Å². The largest absolute Gasteiger partial charge is 0.480 e. The van der Waals surface area contributed by atoms with Crippen molar-refractivity contribution in [3.8, 4) is 0 Å². The molecule has 2 amide bonds. The summed E-state index contributed by atoms with van der Waals surface area (Å²) in [7, 11) is 0. The molecule has 23 heavy (non-hydrogen) atoms. The Morgan fingerprint density at radius 3 is 2.52 bits per heavy atom. The minimum absolute atomic E-state index is 0.121. The Balaban J connectivity index is 2.44. The van der Waals surface area contributed by atoms with Crippen LogP contribution in [-0.2, 0) is 14.4 Å². The van der Waals surface area contributed by atoms with Gasteiger partial charge in [-0.05, 0) is 13.3 Å². The van der Waals surface area contributed by atoms with Crippen LogP contribution in [0.4, 0.5) is 0 Å². The van der Waals surface area contributed by atoms with Crippen LogP contribution in [0.3, 0.4) is 0 Å². The zero-order chi connectivity index (χ0) is 17.5. The number of rotatable bonds is 11. The SMILES string of the molecule is CCCCCCCCN1C(=O)CC(C)(SCC(N)C(=O)O)C1=O. The third-order valence-electron chi connectivity index (χ3n) is 4.12. The second-order valence-corrected chi connectivity index (χ2v) is 7.80.